The van der Waals surface area contributed by atoms with E-state index in [0.29, 0.717) is 32.1 Å². The third-order valence-electron chi connectivity index (χ3n) is 5.29. The zero-order valence-electron chi connectivity index (χ0n) is 16.7. The minimum absolute atomic E-state index is 0.0604. The van der Waals surface area contributed by atoms with Gasteiger partial charge in [-0.25, -0.2) is 9.78 Å². The van der Waals surface area contributed by atoms with E-state index in [9.17, 15) is 9.59 Å². The van der Waals surface area contributed by atoms with E-state index in [4.69, 9.17) is 9.47 Å². The van der Waals surface area contributed by atoms with Gasteiger partial charge in [0.1, 0.15) is 18.4 Å². The molecule has 2 saturated heterocycles. The molecule has 3 heterocycles. The Kier molecular flexibility index (Phi) is 6.08. The lowest BCUT2D eigenvalue weighted by Gasteiger charge is -2.22. The number of benzene rings is 1. The van der Waals surface area contributed by atoms with E-state index in [0.717, 1.165) is 22.3 Å². The molecule has 9 heteroatoms. The molecule has 158 valence electrons. The minimum atomic E-state index is -0.153. The maximum atomic E-state index is 12.8. The first-order valence-corrected chi connectivity index (χ1v) is 10.6. The van der Waals surface area contributed by atoms with Gasteiger partial charge in [-0.05, 0) is 46.3 Å². The maximum Gasteiger partial charge on any atom is 0.325 e. The lowest BCUT2D eigenvalue weighted by molar-refractivity contribution is -0.130. The van der Waals surface area contributed by atoms with Crippen molar-refractivity contribution in [1.29, 1.82) is 0 Å². The van der Waals surface area contributed by atoms with Crippen LogP contribution in [0.4, 0.5) is 10.5 Å². The van der Waals surface area contributed by atoms with E-state index in [1.807, 2.05) is 30.3 Å². The van der Waals surface area contributed by atoms with Crippen LogP contribution >= 0.6 is 15.9 Å². The van der Waals surface area contributed by atoms with Gasteiger partial charge >= 0.3 is 6.03 Å². The van der Waals surface area contributed by atoms with Gasteiger partial charge in [0.25, 0.3) is 0 Å². The first-order valence-electron chi connectivity index (χ1n) is 9.80. The summed E-state index contributed by atoms with van der Waals surface area (Å²) < 4.78 is 11.9. The lowest BCUT2D eigenvalue weighted by Crippen LogP contribution is -2.42. The van der Waals surface area contributed by atoms with Gasteiger partial charge in [-0.3, -0.25) is 9.69 Å². The number of hydrogen-bond acceptors (Lipinski definition) is 5. The molecule has 4 rings (SSSR count). The summed E-state index contributed by atoms with van der Waals surface area (Å²) in [7, 11) is 1.60. The highest BCUT2D eigenvalue weighted by atomic mass is 79.9. The van der Waals surface area contributed by atoms with Crippen molar-refractivity contribution < 1.29 is 19.1 Å². The van der Waals surface area contributed by atoms with Gasteiger partial charge in [0.15, 0.2) is 0 Å². The van der Waals surface area contributed by atoms with E-state index < -0.39 is 0 Å². The third kappa shape index (κ3) is 4.51. The van der Waals surface area contributed by atoms with E-state index in [-0.39, 0.29) is 24.6 Å². The van der Waals surface area contributed by atoms with E-state index in [1.54, 1.807) is 34.1 Å². The Bertz CT molecular complexity index is 906. The van der Waals surface area contributed by atoms with Crippen molar-refractivity contribution in [2.45, 2.75) is 12.5 Å². The van der Waals surface area contributed by atoms with Crippen LogP contribution in [0.1, 0.15) is 6.42 Å². The van der Waals surface area contributed by atoms with Crippen molar-refractivity contribution in [3.63, 3.8) is 0 Å². The van der Waals surface area contributed by atoms with Crippen LogP contribution in [0.25, 0.3) is 0 Å². The summed E-state index contributed by atoms with van der Waals surface area (Å²) in [6, 6.07) is 10.8. The Morgan fingerprint density at radius 1 is 1.17 bits per heavy atom. The largest absolute Gasteiger partial charge is 0.497 e. The molecule has 0 radical (unpaired) electrons. The second-order valence-electron chi connectivity index (χ2n) is 7.24. The van der Waals surface area contributed by atoms with Gasteiger partial charge < -0.3 is 19.3 Å². The van der Waals surface area contributed by atoms with Crippen LogP contribution < -0.4 is 14.4 Å². The molecule has 1 aromatic heterocycles. The molecule has 2 aliphatic heterocycles. The summed E-state index contributed by atoms with van der Waals surface area (Å²) in [6.07, 6.45) is 2.34. The molecule has 0 saturated carbocycles. The molecule has 0 bridgehead atoms. The number of ether oxygens (including phenoxy) is 2. The molecule has 2 fully saturated rings. The number of amides is 3. The van der Waals surface area contributed by atoms with Crippen molar-refractivity contribution in [2.24, 2.45) is 0 Å². The molecule has 0 spiro atoms. The van der Waals surface area contributed by atoms with Gasteiger partial charge in [0.2, 0.25) is 11.8 Å². The number of anilines is 1. The van der Waals surface area contributed by atoms with Crippen LogP contribution in [-0.4, -0.2) is 72.7 Å². The zero-order chi connectivity index (χ0) is 21.1. The summed E-state index contributed by atoms with van der Waals surface area (Å²) in [5.74, 6) is 1.22. The Hall–Kier alpha value is -2.81. The second kappa shape index (κ2) is 8.91. The van der Waals surface area contributed by atoms with E-state index in [1.165, 1.54) is 0 Å². The predicted octanol–water partition coefficient (Wildman–Crippen LogP) is 2.77. The predicted molar refractivity (Wildman–Crippen MR) is 115 cm³/mol. The standard InChI is InChI=1S/C21H23BrN4O4/c1-29-17-5-3-16(4-6-17)26-11-10-25(21(26)28)14-20(27)24-9-8-18(13-24)30-19-7-2-15(22)12-23-19/h2-7,12,18H,8-11,13-14H2,1H3. The van der Waals surface area contributed by atoms with Crippen LogP contribution in [0.2, 0.25) is 0 Å². The molecule has 1 unspecified atom stereocenters. The number of likely N-dealkylation sites (tertiary alicyclic amines) is 1. The number of aromatic nitrogens is 1. The number of urea groups is 1. The van der Waals surface area contributed by atoms with Gasteiger partial charge in [0.05, 0.1) is 13.7 Å². The summed E-state index contributed by atoms with van der Waals surface area (Å²) in [5, 5.41) is 0. The third-order valence-corrected chi connectivity index (χ3v) is 5.76. The van der Waals surface area contributed by atoms with Crippen molar-refractivity contribution in [1.82, 2.24) is 14.8 Å². The summed E-state index contributed by atoms with van der Waals surface area (Å²) in [6.45, 7) is 2.27. The molecule has 8 nitrogen and oxygen atoms in total. The topological polar surface area (TPSA) is 75.2 Å². The number of carbonyl (C=O) groups excluding carboxylic acids is 2. The van der Waals surface area contributed by atoms with E-state index in [2.05, 4.69) is 20.9 Å². The zero-order valence-corrected chi connectivity index (χ0v) is 18.2. The number of rotatable bonds is 6. The summed E-state index contributed by atoms with van der Waals surface area (Å²) >= 11 is 3.35. The number of methoxy groups -OCH3 is 1. The van der Waals surface area contributed by atoms with Crippen molar-refractivity contribution >= 4 is 33.6 Å². The summed E-state index contributed by atoms with van der Waals surface area (Å²) in [4.78, 5) is 34.7. The van der Waals surface area contributed by atoms with E-state index >= 15 is 0 Å². The van der Waals surface area contributed by atoms with Gasteiger partial charge in [-0.15, -0.1) is 0 Å². The van der Waals surface area contributed by atoms with Crippen LogP contribution in [0.5, 0.6) is 11.6 Å². The molecule has 0 aliphatic carbocycles. The van der Waals surface area contributed by atoms with Gasteiger partial charge in [-0.1, -0.05) is 0 Å². The normalized spacial score (nSPS) is 18.8. The van der Waals surface area contributed by atoms with Crippen LogP contribution in [-0.2, 0) is 4.79 Å². The SMILES string of the molecule is COc1ccc(N2CCN(CC(=O)N3CCC(Oc4ccc(Br)cn4)C3)C2=O)cc1. The fourth-order valence-electron chi connectivity index (χ4n) is 3.65. The molecule has 1 aromatic carbocycles. The molecular weight excluding hydrogens is 452 g/mol. The highest BCUT2D eigenvalue weighted by molar-refractivity contribution is 9.10. The molecule has 2 aliphatic rings. The van der Waals surface area contributed by atoms with Crippen LogP contribution in [0, 0.1) is 0 Å². The number of halogens is 1. The number of pyridine rings is 1. The molecule has 1 atom stereocenters. The highest BCUT2D eigenvalue weighted by Gasteiger charge is 2.34. The molecule has 3 amide bonds. The van der Waals surface area contributed by atoms with Crippen molar-refractivity contribution in [3.8, 4) is 11.6 Å². The monoisotopic (exact) mass is 474 g/mol. The maximum absolute atomic E-state index is 12.8. The van der Waals surface area contributed by atoms with Gasteiger partial charge in [-0.2, -0.15) is 0 Å². The average Bonchev–Trinajstić information content (AvgIpc) is 3.37. The first kappa shape index (κ1) is 20.5. The molecule has 0 N–H and O–H groups in total. The Balaban J connectivity index is 1.29. The van der Waals surface area contributed by atoms with Crippen LogP contribution in [0.3, 0.4) is 0 Å². The molecule has 30 heavy (non-hydrogen) atoms. The molecular formula is C21H23BrN4O4. The van der Waals surface area contributed by atoms with Crippen molar-refractivity contribution in [2.75, 3.05) is 44.7 Å². The smallest absolute Gasteiger partial charge is 0.325 e. The number of carbonyl (C=O) groups is 2. The minimum Gasteiger partial charge on any atom is -0.497 e. The second-order valence-corrected chi connectivity index (χ2v) is 8.15. The lowest BCUT2D eigenvalue weighted by atomic mass is 10.3. The quantitative estimate of drug-likeness (QED) is 0.643. The van der Waals surface area contributed by atoms with Crippen molar-refractivity contribution in [3.05, 3.63) is 47.1 Å². The Labute approximate surface area is 183 Å². The number of nitrogens with zero attached hydrogens (tertiary/aromatic N) is 4. The van der Waals surface area contributed by atoms with Crippen LogP contribution in [0.15, 0.2) is 47.1 Å². The molecule has 2 aromatic rings. The highest BCUT2D eigenvalue weighted by Crippen LogP contribution is 2.24. The fraction of sp³-hybridized carbons (Fsp3) is 0.381. The first-order chi connectivity index (χ1) is 14.5. The van der Waals surface area contributed by atoms with Gasteiger partial charge in [0, 0.05) is 48.5 Å². The fourth-order valence-corrected chi connectivity index (χ4v) is 3.88. The summed E-state index contributed by atoms with van der Waals surface area (Å²) in [5.41, 5.74) is 0.799. The Morgan fingerprint density at radius 2 is 1.97 bits per heavy atom. The average molecular weight is 475 g/mol. The Morgan fingerprint density at radius 3 is 2.67 bits per heavy atom. The number of hydrogen-bond donors (Lipinski definition) is 0.